The van der Waals surface area contributed by atoms with Crippen LogP contribution in [0.1, 0.15) is 59.8 Å². The lowest BCUT2D eigenvalue weighted by Gasteiger charge is -2.30. The highest BCUT2D eigenvalue weighted by Crippen LogP contribution is 2.36. The van der Waals surface area contributed by atoms with Gasteiger partial charge < -0.3 is 5.32 Å². The Morgan fingerprint density at radius 3 is 2.47 bits per heavy atom. The topological polar surface area (TPSA) is 12.0 Å². The second-order valence-electron chi connectivity index (χ2n) is 6.79. The Labute approximate surface area is 113 Å². The van der Waals surface area contributed by atoms with Gasteiger partial charge in [-0.2, -0.15) is 11.8 Å². The second kappa shape index (κ2) is 7.04. The molecule has 102 valence electrons. The second-order valence-corrected chi connectivity index (χ2v) is 7.70. The molecule has 1 saturated carbocycles. The molecule has 0 aliphatic heterocycles. The Kier molecular flexibility index (Phi) is 6.36. The van der Waals surface area contributed by atoms with Gasteiger partial charge in [0.25, 0.3) is 0 Å². The van der Waals surface area contributed by atoms with Crippen LogP contribution in [-0.4, -0.2) is 24.1 Å². The van der Waals surface area contributed by atoms with Gasteiger partial charge in [-0.15, -0.1) is 0 Å². The lowest BCUT2D eigenvalue weighted by Crippen LogP contribution is -2.37. The summed E-state index contributed by atoms with van der Waals surface area (Å²) in [5, 5.41) is 3.81. The average molecular weight is 257 g/mol. The van der Waals surface area contributed by atoms with Gasteiger partial charge in [-0.05, 0) is 50.2 Å². The quantitative estimate of drug-likeness (QED) is 0.753. The van der Waals surface area contributed by atoms with E-state index < -0.39 is 0 Å². The van der Waals surface area contributed by atoms with Gasteiger partial charge in [0, 0.05) is 17.8 Å². The number of hydrogen-bond acceptors (Lipinski definition) is 2. The van der Waals surface area contributed by atoms with Crippen molar-refractivity contribution < 1.29 is 0 Å². The lowest BCUT2D eigenvalue weighted by molar-refractivity contribution is 0.213. The molecule has 2 heteroatoms. The molecule has 0 spiro atoms. The fourth-order valence-corrected chi connectivity index (χ4v) is 3.63. The molecule has 0 radical (unpaired) electrons. The zero-order valence-corrected chi connectivity index (χ0v) is 13.2. The van der Waals surface area contributed by atoms with Crippen LogP contribution in [0.2, 0.25) is 0 Å². The molecule has 1 N–H and O–H groups in total. The first kappa shape index (κ1) is 15.4. The summed E-state index contributed by atoms with van der Waals surface area (Å²) in [6, 6.07) is 1.44. The zero-order valence-electron chi connectivity index (χ0n) is 12.4. The minimum atomic E-state index is 0.500. The van der Waals surface area contributed by atoms with Crippen molar-refractivity contribution in [2.24, 2.45) is 11.3 Å². The highest BCUT2D eigenvalue weighted by molar-refractivity contribution is 7.98. The summed E-state index contributed by atoms with van der Waals surface area (Å²) in [6.45, 7) is 9.54. The van der Waals surface area contributed by atoms with E-state index in [-0.39, 0.29) is 0 Å². The summed E-state index contributed by atoms with van der Waals surface area (Å²) in [4.78, 5) is 0. The number of nitrogens with one attached hydrogen (secondary N) is 1. The maximum absolute atomic E-state index is 3.81. The zero-order chi connectivity index (χ0) is 12.9. The van der Waals surface area contributed by atoms with Crippen LogP contribution in [0.3, 0.4) is 0 Å². The standard InChI is InChI=1S/C15H31NS/c1-12(11-17-5)16-14-8-6-7-13(9-10-14)15(2,3)4/h12-14,16H,6-11H2,1-5H3. The fraction of sp³-hybridized carbons (Fsp3) is 1.00. The normalized spacial score (nSPS) is 28.8. The monoisotopic (exact) mass is 257 g/mol. The number of rotatable bonds is 4. The maximum atomic E-state index is 3.81. The Morgan fingerprint density at radius 1 is 1.18 bits per heavy atom. The van der Waals surface area contributed by atoms with E-state index in [4.69, 9.17) is 0 Å². The Bertz CT molecular complexity index is 209. The summed E-state index contributed by atoms with van der Waals surface area (Å²) in [7, 11) is 0. The molecule has 0 amide bonds. The van der Waals surface area contributed by atoms with Crippen LogP contribution in [0.4, 0.5) is 0 Å². The van der Waals surface area contributed by atoms with Crippen LogP contribution in [0.15, 0.2) is 0 Å². The summed E-state index contributed by atoms with van der Waals surface area (Å²) in [5.41, 5.74) is 0.500. The van der Waals surface area contributed by atoms with Crippen molar-refractivity contribution in [2.75, 3.05) is 12.0 Å². The van der Waals surface area contributed by atoms with Gasteiger partial charge in [0.1, 0.15) is 0 Å². The number of thioether (sulfide) groups is 1. The highest BCUT2D eigenvalue weighted by atomic mass is 32.2. The van der Waals surface area contributed by atoms with Gasteiger partial charge in [-0.1, -0.05) is 27.2 Å². The van der Waals surface area contributed by atoms with E-state index in [9.17, 15) is 0 Å². The fourth-order valence-electron chi connectivity index (χ4n) is 3.03. The summed E-state index contributed by atoms with van der Waals surface area (Å²) in [6.07, 6.45) is 9.20. The third-order valence-electron chi connectivity index (χ3n) is 4.13. The third kappa shape index (κ3) is 5.65. The van der Waals surface area contributed by atoms with Crippen LogP contribution in [0.25, 0.3) is 0 Å². The van der Waals surface area contributed by atoms with Crippen molar-refractivity contribution >= 4 is 11.8 Å². The summed E-state index contributed by atoms with van der Waals surface area (Å²) >= 11 is 1.95. The van der Waals surface area contributed by atoms with Crippen molar-refractivity contribution in [3.8, 4) is 0 Å². The van der Waals surface area contributed by atoms with Crippen LogP contribution < -0.4 is 5.32 Å². The van der Waals surface area contributed by atoms with Crippen molar-refractivity contribution in [1.29, 1.82) is 0 Å². The first-order valence-electron chi connectivity index (χ1n) is 7.18. The molecular formula is C15H31NS. The molecule has 1 aliphatic rings. The van der Waals surface area contributed by atoms with E-state index in [0.717, 1.165) is 12.0 Å². The smallest absolute Gasteiger partial charge is 0.0132 e. The molecule has 0 saturated heterocycles. The Morgan fingerprint density at radius 2 is 1.88 bits per heavy atom. The van der Waals surface area contributed by atoms with E-state index in [1.807, 2.05) is 11.8 Å². The Hall–Kier alpha value is 0.310. The van der Waals surface area contributed by atoms with E-state index in [0.29, 0.717) is 11.5 Å². The van der Waals surface area contributed by atoms with Gasteiger partial charge in [-0.25, -0.2) is 0 Å². The molecule has 1 nitrogen and oxygen atoms in total. The number of hydrogen-bond donors (Lipinski definition) is 1. The molecule has 3 unspecified atom stereocenters. The highest BCUT2D eigenvalue weighted by Gasteiger charge is 2.27. The SMILES string of the molecule is CSCC(C)NC1CCCC(C(C)(C)C)CC1. The average Bonchev–Trinajstić information content (AvgIpc) is 2.42. The van der Waals surface area contributed by atoms with E-state index in [1.165, 1.54) is 37.9 Å². The molecule has 0 heterocycles. The molecule has 1 aliphatic carbocycles. The summed E-state index contributed by atoms with van der Waals surface area (Å²) in [5.74, 6) is 2.16. The van der Waals surface area contributed by atoms with Crippen LogP contribution in [0, 0.1) is 11.3 Å². The predicted octanol–water partition coefficient (Wildman–Crippen LogP) is 4.32. The first-order valence-corrected chi connectivity index (χ1v) is 8.58. The lowest BCUT2D eigenvalue weighted by atomic mass is 9.76. The molecule has 0 aromatic heterocycles. The van der Waals surface area contributed by atoms with Crippen LogP contribution >= 0.6 is 11.8 Å². The molecule has 0 bridgehead atoms. The molecule has 1 fully saturated rings. The molecule has 0 aromatic rings. The summed E-state index contributed by atoms with van der Waals surface area (Å²) < 4.78 is 0. The predicted molar refractivity (Wildman–Crippen MR) is 80.8 cm³/mol. The van der Waals surface area contributed by atoms with Crippen molar-refractivity contribution in [3.63, 3.8) is 0 Å². The third-order valence-corrected chi connectivity index (χ3v) is 4.96. The largest absolute Gasteiger partial charge is 0.311 e. The van der Waals surface area contributed by atoms with E-state index in [2.05, 4.69) is 39.3 Å². The van der Waals surface area contributed by atoms with Crippen molar-refractivity contribution in [2.45, 2.75) is 71.9 Å². The van der Waals surface area contributed by atoms with Gasteiger partial charge in [0.05, 0.1) is 0 Å². The van der Waals surface area contributed by atoms with Gasteiger partial charge in [0.15, 0.2) is 0 Å². The minimum Gasteiger partial charge on any atom is -0.311 e. The van der Waals surface area contributed by atoms with E-state index in [1.54, 1.807) is 0 Å². The van der Waals surface area contributed by atoms with Crippen molar-refractivity contribution in [3.05, 3.63) is 0 Å². The molecule has 1 rings (SSSR count). The van der Waals surface area contributed by atoms with Gasteiger partial charge in [-0.3, -0.25) is 0 Å². The first-order chi connectivity index (χ1) is 7.93. The van der Waals surface area contributed by atoms with Crippen molar-refractivity contribution in [1.82, 2.24) is 5.32 Å². The van der Waals surface area contributed by atoms with Gasteiger partial charge in [0.2, 0.25) is 0 Å². The molecule has 0 aromatic carbocycles. The van der Waals surface area contributed by atoms with Gasteiger partial charge >= 0.3 is 0 Å². The van der Waals surface area contributed by atoms with Crippen LogP contribution in [0.5, 0.6) is 0 Å². The van der Waals surface area contributed by atoms with E-state index >= 15 is 0 Å². The molecular weight excluding hydrogens is 226 g/mol. The Balaban J connectivity index is 2.37. The maximum Gasteiger partial charge on any atom is 0.0132 e. The minimum absolute atomic E-state index is 0.500. The molecule has 3 atom stereocenters. The van der Waals surface area contributed by atoms with Crippen LogP contribution in [-0.2, 0) is 0 Å². The molecule has 17 heavy (non-hydrogen) atoms.